The van der Waals surface area contributed by atoms with Gasteiger partial charge in [-0.15, -0.1) is 0 Å². The van der Waals surface area contributed by atoms with Crippen LogP contribution in [-0.4, -0.2) is 58.8 Å². The third kappa shape index (κ3) is 4.00. The van der Waals surface area contributed by atoms with Crippen molar-refractivity contribution < 1.29 is 5.11 Å². The Morgan fingerprint density at radius 1 is 1.21 bits per heavy atom. The van der Waals surface area contributed by atoms with Crippen LogP contribution in [0, 0.1) is 22.7 Å². The standard InChI is InChI=1S/C28H47N5O/c1-20(13-17-33-18-30-25-23(33)24(29-6)31(7)19-32(25)8)11-15-27(5)21(2)12-16-28(34)22(27)10-9-14-26(28,3)4/h13,18,21-22,34H,9-12,14-17,19H2,1-8H3/b20-13+,29-24?/t21-,22-,27+,28+/m1/s1. The van der Waals surface area contributed by atoms with Crippen LogP contribution in [0.1, 0.15) is 85.3 Å². The average molecular weight is 470 g/mol. The predicted octanol–water partition coefficient (Wildman–Crippen LogP) is 5.32. The minimum Gasteiger partial charge on any atom is -0.389 e. The smallest absolute Gasteiger partial charge is 0.159 e. The highest BCUT2D eigenvalue weighted by molar-refractivity contribution is 6.02. The first-order chi connectivity index (χ1) is 15.9. The lowest BCUT2D eigenvalue weighted by molar-refractivity contribution is -0.212. The molecule has 4 atom stereocenters. The Morgan fingerprint density at radius 3 is 2.65 bits per heavy atom. The van der Waals surface area contributed by atoms with E-state index in [1.165, 1.54) is 18.4 Å². The molecule has 1 N–H and O–H groups in total. The molecule has 34 heavy (non-hydrogen) atoms. The number of nitrogens with zero attached hydrogens (tertiary/aromatic N) is 5. The third-order valence-corrected chi connectivity index (χ3v) is 10.0. The molecular weight excluding hydrogens is 422 g/mol. The maximum Gasteiger partial charge on any atom is 0.159 e. The van der Waals surface area contributed by atoms with Crippen LogP contribution in [0.4, 0.5) is 5.82 Å². The Kier molecular flexibility index (Phi) is 6.69. The van der Waals surface area contributed by atoms with Gasteiger partial charge in [-0.3, -0.25) is 4.99 Å². The molecule has 2 heterocycles. The van der Waals surface area contributed by atoms with Gasteiger partial charge in [0.05, 0.1) is 18.6 Å². The number of anilines is 1. The Morgan fingerprint density at radius 2 is 1.94 bits per heavy atom. The number of aliphatic imine (C=N–C) groups is 1. The first-order valence-electron chi connectivity index (χ1n) is 13.3. The van der Waals surface area contributed by atoms with Gasteiger partial charge in [-0.05, 0) is 68.1 Å². The van der Waals surface area contributed by atoms with Crippen molar-refractivity contribution in [1.29, 1.82) is 0 Å². The zero-order chi connectivity index (χ0) is 24.9. The minimum atomic E-state index is -0.520. The number of aromatic nitrogens is 2. The summed E-state index contributed by atoms with van der Waals surface area (Å²) < 4.78 is 2.22. The average Bonchev–Trinajstić information content (AvgIpc) is 3.20. The van der Waals surface area contributed by atoms with E-state index in [2.05, 4.69) is 79.1 Å². The summed E-state index contributed by atoms with van der Waals surface area (Å²) in [4.78, 5) is 13.6. The number of rotatable bonds is 5. The molecule has 0 unspecified atom stereocenters. The molecule has 0 spiro atoms. The van der Waals surface area contributed by atoms with E-state index in [-0.39, 0.29) is 10.8 Å². The first-order valence-corrected chi connectivity index (χ1v) is 13.3. The summed E-state index contributed by atoms with van der Waals surface area (Å²) in [5.41, 5.74) is 2.20. The maximum atomic E-state index is 11.9. The summed E-state index contributed by atoms with van der Waals surface area (Å²) in [5, 5.41) is 11.9. The van der Waals surface area contributed by atoms with Crippen molar-refractivity contribution in [3.05, 3.63) is 23.7 Å². The van der Waals surface area contributed by atoms with Crippen LogP contribution in [0.5, 0.6) is 0 Å². The van der Waals surface area contributed by atoms with Crippen LogP contribution in [0.25, 0.3) is 0 Å². The Hall–Kier alpha value is -1.82. The first kappa shape index (κ1) is 25.3. The molecule has 6 nitrogen and oxygen atoms in total. The van der Waals surface area contributed by atoms with Crippen molar-refractivity contribution >= 4 is 11.7 Å². The second-order valence-electron chi connectivity index (χ2n) is 12.4. The van der Waals surface area contributed by atoms with Gasteiger partial charge in [0.2, 0.25) is 0 Å². The van der Waals surface area contributed by atoms with Gasteiger partial charge in [-0.1, -0.05) is 45.8 Å². The number of amidine groups is 1. The lowest BCUT2D eigenvalue weighted by Crippen LogP contribution is -2.62. The normalized spacial score (nSPS) is 34.9. The van der Waals surface area contributed by atoms with Gasteiger partial charge in [0, 0.05) is 27.7 Å². The highest BCUT2D eigenvalue weighted by Gasteiger charge is 2.60. The van der Waals surface area contributed by atoms with Crippen LogP contribution >= 0.6 is 0 Å². The highest BCUT2D eigenvalue weighted by Crippen LogP contribution is 2.62. The van der Waals surface area contributed by atoms with Gasteiger partial charge in [-0.2, -0.15) is 0 Å². The van der Waals surface area contributed by atoms with E-state index in [4.69, 9.17) is 0 Å². The van der Waals surface area contributed by atoms with Gasteiger partial charge in [0.15, 0.2) is 11.7 Å². The monoisotopic (exact) mass is 469 g/mol. The summed E-state index contributed by atoms with van der Waals surface area (Å²) >= 11 is 0. The molecule has 1 aromatic heterocycles. The number of imidazole rings is 1. The lowest BCUT2D eigenvalue weighted by atomic mass is 9.45. The lowest BCUT2D eigenvalue weighted by Gasteiger charge is -2.62. The van der Waals surface area contributed by atoms with Gasteiger partial charge in [0.1, 0.15) is 5.69 Å². The Bertz CT molecular complexity index is 962. The van der Waals surface area contributed by atoms with E-state index >= 15 is 0 Å². The molecular formula is C28H47N5O. The van der Waals surface area contributed by atoms with E-state index in [9.17, 15) is 5.11 Å². The van der Waals surface area contributed by atoms with Crippen molar-refractivity contribution in [2.75, 3.05) is 32.7 Å². The maximum absolute atomic E-state index is 11.9. The van der Waals surface area contributed by atoms with Crippen molar-refractivity contribution in [3.63, 3.8) is 0 Å². The van der Waals surface area contributed by atoms with Crippen LogP contribution in [-0.2, 0) is 6.54 Å². The van der Waals surface area contributed by atoms with Gasteiger partial charge in [-0.25, -0.2) is 4.98 Å². The van der Waals surface area contributed by atoms with Crippen molar-refractivity contribution in [2.45, 2.75) is 91.7 Å². The highest BCUT2D eigenvalue weighted by atomic mass is 16.3. The quantitative estimate of drug-likeness (QED) is 0.593. The topological polar surface area (TPSA) is 56.9 Å². The molecule has 4 rings (SSSR count). The zero-order valence-corrected chi connectivity index (χ0v) is 22.9. The van der Waals surface area contributed by atoms with E-state index in [1.807, 2.05) is 13.4 Å². The van der Waals surface area contributed by atoms with E-state index in [0.29, 0.717) is 11.8 Å². The van der Waals surface area contributed by atoms with E-state index in [1.54, 1.807) is 0 Å². The fourth-order valence-electron chi connectivity index (χ4n) is 7.34. The van der Waals surface area contributed by atoms with Gasteiger partial charge < -0.3 is 19.5 Å². The number of fused-ring (bicyclic) bond motifs is 2. The second-order valence-corrected chi connectivity index (χ2v) is 12.4. The largest absolute Gasteiger partial charge is 0.389 e. The molecule has 6 heteroatoms. The summed E-state index contributed by atoms with van der Waals surface area (Å²) in [6.45, 7) is 13.4. The molecule has 2 fully saturated rings. The second kappa shape index (κ2) is 9.00. The zero-order valence-electron chi connectivity index (χ0n) is 22.9. The molecule has 1 aromatic rings. The van der Waals surface area contributed by atoms with Crippen molar-refractivity contribution in [2.24, 2.45) is 27.7 Å². The molecule has 190 valence electrons. The molecule has 0 amide bonds. The Labute approximate surface area is 207 Å². The molecule has 3 aliphatic rings. The summed E-state index contributed by atoms with van der Waals surface area (Å²) in [7, 11) is 6.03. The fraction of sp³-hybridized carbons (Fsp3) is 0.786. The molecule has 2 aliphatic carbocycles. The molecule has 0 bridgehead atoms. The number of hydrogen-bond acceptors (Lipinski definition) is 4. The van der Waals surface area contributed by atoms with Crippen molar-refractivity contribution in [3.8, 4) is 0 Å². The fourth-order valence-corrected chi connectivity index (χ4v) is 7.34. The molecule has 0 saturated heterocycles. The SMILES string of the molecule is CN=C1c2c(ncn2C/C=C(\C)CC[C@@]2(C)[C@H](C)CC[C@]3(O)[C@@H]2CCCC3(C)C)N(C)CN1C. The van der Waals surface area contributed by atoms with Crippen LogP contribution in [0.15, 0.2) is 23.0 Å². The number of allylic oxidation sites excluding steroid dienone is 2. The van der Waals surface area contributed by atoms with Crippen LogP contribution < -0.4 is 4.90 Å². The molecule has 2 saturated carbocycles. The van der Waals surface area contributed by atoms with E-state index < -0.39 is 5.60 Å². The third-order valence-electron chi connectivity index (χ3n) is 10.0. The van der Waals surface area contributed by atoms with Crippen LogP contribution in [0.2, 0.25) is 0 Å². The molecule has 0 aromatic carbocycles. The summed E-state index contributed by atoms with van der Waals surface area (Å²) in [6.07, 6.45) is 12.2. The number of aliphatic hydroxyl groups is 1. The van der Waals surface area contributed by atoms with Gasteiger partial charge >= 0.3 is 0 Å². The summed E-state index contributed by atoms with van der Waals surface area (Å²) in [6, 6.07) is 0. The summed E-state index contributed by atoms with van der Waals surface area (Å²) in [5.74, 6) is 3.05. The van der Waals surface area contributed by atoms with Crippen LogP contribution in [0.3, 0.4) is 0 Å². The molecule has 0 radical (unpaired) electrons. The van der Waals surface area contributed by atoms with Crippen molar-refractivity contribution in [1.82, 2.24) is 14.5 Å². The van der Waals surface area contributed by atoms with E-state index in [0.717, 1.165) is 62.7 Å². The number of hydrogen-bond donors (Lipinski definition) is 1. The molecule has 1 aliphatic heterocycles. The minimum absolute atomic E-state index is 0.0155. The predicted molar refractivity (Wildman–Crippen MR) is 141 cm³/mol. The Balaban J connectivity index is 1.49. The van der Waals surface area contributed by atoms with Gasteiger partial charge in [0.25, 0.3) is 0 Å².